The second-order valence-electron chi connectivity index (χ2n) is 5.76. The molecule has 0 bridgehead atoms. The van der Waals surface area contributed by atoms with Gasteiger partial charge >= 0.3 is 0 Å². The van der Waals surface area contributed by atoms with Crippen molar-refractivity contribution in [1.29, 1.82) is 0 Å². The van der Waals surface area contributed by atoms with Crippen LogP contribution in [-0.2, 0) is 0 Å². The van der Waals surface area contributed by atoms with Crippen molar-refractivity contribution < 1.29 is 0 Å². The van der Waals surface area contributed by atoms with Gasteiger partial charge < -0.3 is 0 Å². The molecule has 4 rings (SSSR count). The van der Waals surface area contributed by atoms with Crippen molar-refractivity contribution in [3.8, 4) is 17.1 Å². The number of aromatic nitrogens is 3. The molecular weight excluding hydrogens is 326 g/mol. The van der Waals surface area contributed by atoms with Crippen molar-refractivity contribution in [3.63, 3.8) is 0 Å². The lowest BCUT2D eigenvalue weighted by molar-refractivity contribution is 0.886. The van der Waals surface area contributed by atoms with Gasteiger partial charge in [0.15, 0.2) is 5.82 Å². The molecule has 3 aromatic carbocycles. The van der Waals surface area contributed by atoms with Crippen molar-refractivity contribution in [2.24, 2.45) is 0 Å². The van der Waals surface area contributed by atoms with Crippen LogP contribution in [-0.4, -0.2) is 14.8 Å². The zero-order chi connectivity index (χ0) is 17.1. The minimum Gasteiger partial charge on any atom is -0.270 e. The highest BCUT2D eigenvalue weighted by molar-refractivity contribution is 7.99. The summed E-state index contributed by atoms with van der Waals surface area (Å²) in [6.45, 7) is 2.09. The Hall–Kier alpha value is -2.85. The molecule has 0 radical (unpaired) electrons. The highest BCUT2D eigenvalue weighted by Crippen LogP contribution is 2.32. The molecular formula is C21H17N3S. The number of aryl methyl sites for hydroxylation is 1. The molecule has 25 heavy (non-hydrogen) atoms. The average molecular weight is 343 g/mol. The standard InChI is InChI=1S/C21H17N3S/c1-16-12-14-17(15-13-16)20-22-23-21(25-19-10-6-3-7-11-19)24(20)18-8-4-2-5-9-18/h2-15H,1H3. The minimum atomic E-state index is 0.852. The van der Waals surface area contributed by atoms with E-state index in [9.17, 15) is 0 Å². The summed E-state index contributed by atoms with van der Waals surface area (Å²) in [5.74, 6) is 0.852. The van der Waals surface area contributed by atoms with Crippen LogP contribution < -0.4 is 0 Å². The van der Waals surface area contributed by atoms with Gasteiger partial charge in [-0.1, -0.05) is 66.2 Å². The number of hydrogen-bond donors (Lipinski definition) is 0. The monoisotopic (exact) mass is 343 g/mol. The third-order valence-corrected chi connectivity index (χ3v) is 4.86. The van der Waals surface area contributed by atoms with Crippen molar-refractivity contribution in [2.75, 3.05) is 0 Å². The number of nitrogens with zero attached hydrogens (tertiary/aromatic N) is 3. The molecule has 0 saturated carbocycles. The van der Waals surface area contributed by atoms with Gasteiger partial charge in [-0.2, -0.15) is 0 Å². The highest BCUT2D eigenvalue weighted by Gasteiger charge is 2.16. The Labute approximate surface area is 151 Å². The lowest BCUT2D eigenvalue weighted by Crippen LogP contribution is -1.99. The van der Waals surface area contributed by atoms with E-state index in [4.69, 9.17) is 0 Å². The lowest BCUT2D eigenvalue weighted by atomic mass is 10.1. The molecule has 1 heterocycles. The number of para-hydroxylation sites is 1. The number of benzene rings is 3. The van der Waals surface area contributed by atoms with Gasteiger partial charge in [-0.05, 0) is 43.0 Å². The summed E-state index contributed by atoms with van der Waals surface area (Å²) in [5, 5.41) is 9.80. The molecule has 3 nitrogen and oxygen atoms in total. The molecule has 0 aliphatic heterocycles. The summed E-state index contributed by atoms with van der Waals surface area (Å²) < 4.78 is 2.11. The van der Waals surface area contributed by atoms with Crippen LogP contribution in [0.2, 0.25) is 0 Å². The smallest absolute Gasteiger partial charge is 0.200 e. The van der Waals surface area contributed by atoms with Crippen molar-refractivity contribution in [1.82, 2.24) is 14.8 Å². The van der Waals surface area contributed by atoms with E-state index in [1.807, 2.05) is 36.4 Å². The van der Waals surface area contributed by atoms with E-state index >= 15 is 0 Å². The Bertz CT molecular complexity index is 961. The number of hydrogen-bond acceptors (Lipinski definition) is 3. The fourth-order valence-electron chi connectivity index (χ4n) is 2.63. The zero-order valence-corrected chi connectivity index (χ0v) is 14.6. The summed E-state index contributed by atoms with van der Waals surface area (Å²) in [4.78, 5) is 1.14. The number of rotatable bonds is 4. The highest BCUT2D eigenvalue weighted by atomic mass is 32.2. The summed E-state index contributed by atoms with van der Waals surface area (Å²) >= 11 is 1.62. The molecule has 0 amide bonds. The van der Waals surface area contributed by atoms with Crippen LogP contribution in [0.5, 0.6) is 0 Å². The Kier molecular flexibility index (Phi) is 4.36. The van der Waals surface area contributed by atoms with Crippen LogP contribution in [0.3, 0.4) is 0 Å². The maximum absolute atomic E-state index is 4.48. The van der Waals surface area contributed by atoms with E-state index < -0.39 is 0 Å². The van der Waals surface area contributed by atoms with Crippen LogP contribution in [0.4, 0.5) is 0 Å². The molecule has 0 spiro atoms. The SMILES string of the molecule is Cc1ccc(-c2nnc(Sc3ccccc3)n2-c2ccccc2)cc1. The van der Waals surface area contributed by atoms with E-state index in [0.29, 0.717) is 0 Å². The third-order valence-electron chi connectivity index (χ3n) is 3.91. The first-order valence-corrected chi connectivity index (χ1v) is 8.94. The molecule has 1 aromatic heterocycles. The summed E-state index contributed by atoms with van der Waals surface area (Å²) in [6.07, 6.45) is 0. The molecule has 0 fully saturated rings. The maximum Gasteiger partial charge on any atom is 0.200 e. The minimum absolute atomic E-state index is 0.852. The van der Waals surface area contributed by atoms with Gasteiger partial charge in [0.05, 0.1) is 0 Å². The van der Waals surface area contributed by atoms with Gasteiger partial charge in [0.1, 0.15) is 0 Å². The largest absolute Gasteiger partial charge is 0.270 e. The lowest BCUT2D eigenvalue weighted by Gasteiger charge is -2.10. The normalized spacial score (nSPS) is 10.8. The molecule has 0 aliphatic rings. The molecule has 0 aliphatic carbocycles. The first kappa shape index (κ1) is 15.7. The topological polar surface area (TPSA) is 30.7 Å². The zero-order valence-electron chi connectivity index (χ0n) is 13.8. The molecule has 4 heteroatoms. The van der Waals surface area contributed by atoms with Gasteiger partial charge in [0, 0.05) is 16.1 Å². The van der Waals surface area contributed by atoms with E-state index in [0.717, 1.165) is 27.1 Å². The third kappa shape index (κ3) is 3.35. The van der Waals surface area contributed by atoms with E-state index in [2.05, 4.69) is 70.2 Å². The van der Waals surface area contributed by atoms with Gasteiger partial charge in [0.25, 0.3) is 0 Å². The van der Waals surface area contributed by atoms with Crippen molar-refractivity contribution in [3.05, 3.63) is 90.5 Å². The maximum atomic E-state index is 4.48. The van der Waals surface area contributed by atoms with Gasteiger partial charge in [0.2, 0.25) is 5.16 Å². The first-order chi connectivity index (χ1) is 12.3. The molecule has 0 N–H and O–H groups in total. The van der Waals surface area contributed by atoms with Gasteiger partial charge in [-0.25, -0.2) is 0 Å². The molecule has 4 aromatic rings. The predicted molar refractivity (Wildman–Crippen MR) is 102 cm³/mol. The Morgan fingerprint density at radius 2 is 1.36 bits per heavy atom. The fraction of sp³-hybridized carbons (Fsp3) is 0.0476. The second-order valence-corrected chi connectivity index (χ2v) is 6.80. The van der Waals surface area contributed by atoms with E-state index in [-0.39, 0.29) is 0 Å². The molecule has 0 unspecified atom stereocenters. The van der Waals surface area contributed by atoms with Crippen molar-refractivity contribution >= 4 is 11.8 Å². The van der Waals surface area contributed by atoms with Crippen LogP contribution in [0.15, 0.2) is 95.0 Å². The van der Waals surface area contributed by atoms with Gasteiger partial charge in [-0.15, -0.1) is 10.2 Å². The summed E-state index contributed by atoms with van der Waals surface area (Å²) in [7, 11) is 0. The Balaban J connectivity index is 1.83. The van der Waals surface area contributed by atoms with Crippen molar-refractivity contribution in [2.45, 2.75) is 17.0 Å². The Morgan fingerprint density at radius 3 is 2.04 bits per heavy atom. The second kappa shape index (κ2) is 6.95. The predicted octanol–water partition coefficient (Wildman–Crippen LogP) is 5.39. The molecule has 0 atom stereocenters. The quantitative estimate of drug-likeness (QED) is 0.497. The summed E-state index contributed by atoms with van der Waals surface area (Å²) in [5.41, 5.74) is 3.34. The van der Waals surface area contributed by atoms with Crippen LogP contribution >= 0.6 is 11.8 Å². The Morgan fingerprint density at radius 1 is 0.720 bits per heavy atom. The van der Waals surface area contributed by atoms with Crippen LogP contribution in [0.1, 0.15) is 5.56 Å². The van der Waals surface area contributed by atoms with E-state index in [1.165, 1.54) is 5.56 Å². The molecule has 0 saturated heterocycles. The average Bonchev–Trinajstić information content (AvgIpc) is 3.07. The summed E-state index contributed by atoms with van der Waals surface area (Å²) in [6, 6.07) is 28.9. The van der Waals surface area contributed by atoms with Crippen LogP contribution in [0, 0.1) is 6.92 Å². The first-order valence-electron chi connectivity index (χ1n) is 8.12. The van der Waals surface area contributed by atoms with E-state index in [1.54, 1.807) is 11.8 Å². The fourth-order valence-corrected chi connectivity index (χ4v) is 3.50. The van der Waals surface area contributed by atoms with Crippen LogP contribution in [0.25, 0.3) is 17.1 Å². The van der Waals surface area contributed by atoms with Gasteiger partial charge in [-0.3, -0.25) is 4.57 Å². The molecule has 122 valence electrons.